The fourth-order valence-electron chi connectivity index (χ4n) is 3.76. The Morgan fingerprint density at radius 3 is 2.61 bits per heavy atom. The predicted octanol–water partition coefficient (Wildman–Crippen LogP) is 4.37. The maximum atomic E-state index is 14.5. The van der Waals surface area contributed by atoms with Crippen LogP contribution in [0.3, 0.4) is 0 Å². The molecule has 4 aromatic rings. The number of anilines is 3. The van der Waals surface area contributed by atoms with Crippen molar-refractivity contribution in [2.45, 2.75) is 0 Å². The Balaban J connectivity index is 1.37. The molecule has 0 spiro atoms. The summed E-state index contributed by atoms with van der Waals surface area (Å²) >= 11 is 0. The fourth-order valence-corrected chi connectivity index (χ4v) is 4.99. The van der Waals surface area contributed by atoms with Crippen molar-refractivity contribution in [3.8, 4) is 11.3 Å². The van der Waals surface area contributed by atoms with Crippen LogP contribution in [0.4, 0.5) is 21.7 Å². The normalized spacial score (nSPS) is 15.8. The number of aromatic amines is 1. The molecule has 1 aliphatic rings. The summed E-state index contributed by atoms with van der Waals surface area (Å²) < 4.78 is 34.1. The third-order valence-corrected chi connectivity index (χ3v) is 7.14. The van der Waals surface area contributed by atoms with Gasteiger partial charge in [-0.05, 0) is 30.3 Å². The number of halogens is 1. The monoisotopic (exact) mass is 436 g/mol. The van der Waals surface area contributed by atoms with Crippen LogP contribution in [0.1, 0.15) is 0 Å². The maximum Gasteiger partial charge on any atom is 0.227 e. The van der Waals surface area contributed by atoms with Crippen LogP contribution in [0, 0.1) is 10.6 Å². The average molecular weight is 437 g/mol. The van der Waals surface area contributed by atoms with Gasteiger partial charge in [0.05, 0.1) is 6.20 Å². The second-order valence-corrected chi connectivity index (χ2v) is 9.96. The van der Waals surface area contributed by atoms with Crippen LogP contribution in [-0.4, -0.2) is 43.8 Å². The number of fused-ring (bicyclic) bond motifs is 1. The molecule has 0 saturated carbocycles. The van der Waals surface area contributed by atoms with E-state index in [1.165, 1.54) is 6.20 Å². The van der Waals surface area contributed by atoms with Crippen molar-refractivity contribution in [1.82, 2.24) is 15.0 Å². The lowest BCUT2D eigenvalue weighted by Crippen LogP contribution is -2.39. The van der Waals surface area contributed by atoms with Crippen molar-refractivity contribution in [1.29, 1.82) is 4.78 Å². The quantitative estimate of drug-likeness (QED) is 0.441. The van der Waals surface area contributed by atoms with E-state index in [9.17, 15) is 8.60 Å². The number of nitrogens with one attached hydrogen (secondary N) is 3. The highest BCUT2D eigenvalue weighted by molar-refractivity contribution is 7.92. The Labute approximate surface area is 179 Å². The van der Waals surface area contributed by atoms with Gasteiger partial charge in [-0.1, -0.05) is 18.2 Å². The molecule has 31 heavy (non-hydrogen) atoms. The van der Waals surface area contributed by atoms with E-state index < -0.39 is 15.5 Å². The Morgan fingerprint density at radius 1 is 1.10 bits per heavy atom. The summed E-state index contributed by atoms with van der Waals surface area (Å²) in [7, 11) is -2.42. The average Bonchev–Trinajstić information content (AvgIpc) is 3.20. The molecule has 158 valence electrons. The largest absolute Gasteiger partial charge is 0.370 e. The molecule has 3 heterocycles. The third-order valence-electron chi connectivity index (χ3n) is 5.46. The highest BCUT2D eigenvalue weighted by Gasteiger charge is 2.19. The topological polar surface area (TPSA) is 97.8 Å². The summed E-state index contributed by atoms with van der Waals surface area (Å²) in [5, 5.41) is 4.03. The molecule has 0 aliphatic carbocycles. The maximum absolute atomic E-state index is 14.5. The summed E-state index contributed by atoms with van der Waals surface area (Å²) in [6.45, 7) is 1.23. The van der Waals surface area contributed by atoms with Gasteiger partial charge in [0.15, 0.2) is 5.82 Å². The molecule has 9 heteroatoms. The first kappa shape index (κ1) is 19.5. The van der Waals surface area contributed by atoms with Crippen molar-refractivity contribution in [2.24, 2.45) is 0 Å². The van der Waals surface area contributed by atoms with E-state index in [4.69, 9.17) is 4.78 Å². The molecule has 7 nitrogen and oxygen atoms in total. The Bertz CT molecular complexity index is 1340. The Kier molecular flexibility index (Phi) is 4.82. The zero-order chi connectivity index (χ0) is 21.4. The van der Waals surface area contributed by atoms with Gasteiger partial charge in [-0.15, -0.1) is 0 Å². The summed E-state index contributed by atoms with van der Waals surface area (Å²) in [5.74, 6) is 0.614. The molecule has 1 fully saturated rings. The van der Waals surface area contributed by atoms with E-state index in [1.807, 2.05) is 48.5 Å². The molecular weight excluding hydrogens is 415 g/mol. The van der Waals surface area contributed by atoms with Crippen LogP contribution >= 0.6 is 0 Å². The van der Waals surface area contributed by atoms with E-state index in [2.05, 4.69) is 25.2 Å². The van der Waals surface area contributed by atoms with Gasteiger partial charge in [0.2, 0.25) is 5.95 Å². The molecule has 2 aromatic carbocycles. The standard InChI is InChI=1S/C22H21FN6OS/c23-19-14-26-22(28-21(19)18-13-25-20-4-2-1-3-17(18)20)27-15-5-7-16(8-6-15)29-9-11-31(24,30)12-10-29/h1-8,13-14,24-25H,9-12H2,(H,26,27,28). The zero-order valence-corrected chi connectivity index (χ0v) is 17.5. The van der Waals surface area contributed by atoms with Gasteiger partial charge >= 0.3 is 0 Å². The minimum atomic E-state index is -2.42. The van der Waals surface area contributed by atoms with Crippen molar-refractivity contribution in [3.05, 3.63) is 66.7 Å². The summed E-state index contributed by atoms with van der Waals surface area (Å²) in [6, 6.07) is 15.4. The predicted molar refractivity (Wildman–Crippen MR) is 122 cm³/mol. The highest BCUT2D eigenvalue weighted by atomic mass is 32.2. The lowest BCUT2D eigenvalue weighted by Gasteiger charge is -2.30. The third kappa shape index (κ3) is 3.96. The summed E-state index contributed by atoms with van der Waals surface area (Å²) in [4.78, 5) is 13.8. The molecule has 5 rings (SSSR count). The zero-order valence-electron chi connectivity index (χ0n) is 16.6. The molecule has 0 radical (unpaired) electrons. The molecule has 0 atom stereocenters. The van der Waals surface area contributed by atoms with Gasteiger partial charge in [-0.3, -0.25) is 4.78 Å². The van der Waals surface area contributed by atoms with Crippen LogP contribution in [0.2, 0.25) is 0 Å². The fraction of sp³-hybridized carbons (Fsp3) is 0.182. The van der Waals surface area contributed by atoms with Gasteiger partial charge in [0.25, 0.3) is 0 Å². The second kappa shape index (κ2) is 7.66. The van der Waals surface area contributed by atoms with Gasteiger partial charge in [-0.25, -0.2) is 18.6 Å². The summed E-state index contributed by atoms with van der Waals surface area (Å²) in [5.41, 5.74) is 3.63. The Hall–Kier alpha value is -3.46. The number of nitrogens with zero attached hydrogens (tertiary/aromatic N) is 3. The number of hydrogen-bond donors (Lipinski definition) is 3. The second-order valence-electron chi connectivity index (χ2n) is 7.52. The lowest BCUT2D eigenvalue weighted by atomic mass is 10.1. The highest BCUT2D eigenvalue weighted by Crippen LogP contribution is 2.30. The Morgan fingerprint density at radius 2 is 1.84 bits per heavy atom. The van der Waals surface area contributed by atoms with Crippen molar-refractivity contribution in [2.75, 3.05) is 34.8 Å². The van der Waals surface area contributed by atoms with Crippen molar-refractivity contribution >= 4 is 38.0 Å². The molecular formula is C22H21FN6OS. The minimum absolute atomic E-state index is 0.235. The first-order valence-electron chi connectivity index (χ1n) is 9.94. The number of H-pyrrole nitrogens is 1. The minimum Gasteiger partial charge on any atom is -0.370 e. The van der Waals surface area contributed by atoms with Crippen LogP contribution < -0.4 is 10.2 Å². The van der Waals surface area contributed by atoms with Gasteiger partial charge in [0.1, 0.15) is 5.69 Å². The van der Waals surface area contributed by atoms with Crippen LogP contribution in [0.25, 0.3) is 22.2 Å². The van der Waals surface area contributed by atoms with Crippen LogP contribution in [-0.2, 0) is 9.73 Å². The van der Waals surface area contributed by atoms with Gasteiger partial charge in [-0.2, -0.15) is 0 Å². The van der Waals surface area contributed by atoms with E-state index in [1.54, 1.807) is 6.20 Å². The smallest absolute Gasteiger partial charge is 0.227 e. The lowest BCUT2D eigenvalue weighted by molar-refractivity contribution is 0.619. The number of para-hydroxylation sites is 1. The van der Waals surface area contributed by atoms with Crippen molar-refractivity contribution < 1.29 is 8.60 Å². The van der Waals surface area contributed by atoms with E-state index in [0.29, 0.717) is 36.1 Å². The molecule has 3 N–H and O–H groups in total. The van der Waals surface area contributed by atoms with Gasteiger partial charge in [0, 0.05) is 68.4 Å². The molecule has 2 aromatic heterocycles. The van der Waals surface area contributed by atoms with E-state index in [-0.39, 0.29) is 5.69 Å². The molecule has 0 amide bonds. The molecule has 0 unspecified atom stereocenters. The first-order chi connectivity index (χ1) is 15.0. The number of hydrogen-bond acceptors (Lipinski definition) is 6. The van der Waals surface area contributed by atoms with Crippen LogP contribution in [0.5, 0.6) is 0 Å². The molecule has 1 aliphatic heterocycles. The molecule has 1 saturated heterocycles. The number of aromatic nitrogens is 3. The van der Waals surface area contributed by atoms with E-state index in [0.717, 1.165) is 22.3 Å². The number of rotatable bonds is 4. The molecule has 0 bridgehead atoms. The van der Waals surface area contributed by atoms with Gasteiger partial charge < -0.3 is 15.2 Å². The van der Waals surface area contributed by atoms with Crippen LogP contribution in [0.15, 0.2) is 60.9 Å². The SMILES string of the molecule is N=S1(=O)CCN(c2ccc(Nc3ncc(F)c(-c4c[nH]c5ccccc45)n3)cc2)CC1. The van der Waals surface area contributed by atoms with E-state index >= 15 is 0 Å². The number of benzene rings is 2. The van der Waals surface area contributed by atoms with Crippen molar-refractivity contribution in [3.63, 3.8) is 0 Å². The summed E-state index contributed by atoms with van der Waals surface area (Å²) in [6.07, 6.45) is 2.93. The first-order valence-corrected chi connectivity index (χ1v) is 11.8.